The Kier molecular flexibility index (Phi) is 3.50. The molecule has 0 fully saturated rings. The van der Waals surface area contributed by atoms with Crippen LogP contribution in [0.25, 0.3) is 10.9 Å². The van der Waals surface area contributed by atoms with Gasteiger partial charge in [-0.1, -0.05) is 6.07 Å². The fraction of sp³-hybridized carbons (Fsp3) is 0.231. The van der Waals surface area contributed by atoms with E-state index < -0.39 is 23.7 Å². The molecule has 0 spiro atoms. The topological polar surface area (TPSA) is 82.2 Å². The fourth-order valence-corrected chi connectivity index (χ4v) is 2.03. The number of benzene rings is 1. The van der Waals surface area contributed by atoms with Gasteiger partial charge in [0.2, 0.25) is 5.91 Å². The first kappa shape index (κ1) is 13.1. The van der Waals surface area contributed by atoms with Crippen molar-refractivity contribution in [1.29, 1.82) is 0 Å². The Balaban J connectivity index is 2.34. The van der Waals surface area contributed by atoms with E-state index in [0.29, 0.717) is 16.5 Å². The number of fused-ring (bicyclic) bond motifs is 1. The molecule has 1 atom stereocenters. The van der Waals surface area contributed by atoms with E-state index in [1.807, 2.05) is 0 Å². The number of carbonyl (C=O) groups is 2. The molecule has 0 aliphatic carbocycles. The van der Waals surface area contributed by atoms with E-state index in [-0.39, 0.29) is 6.42 Å². The zero-order valence-corrected chi connectivity index (χ0v) is 10.2. The van der Waals surface area contributed by atoms with Gasteiger partial charge in [0.05, 0.1) is 0 Å². The summed E-state index contributed by atoms with van der Waals surface area (Å²) >= 11 is 0. The van der Waals surface area contributed by atoms with Crippen molar-refractivity contribution in [2.24, 2.45) is 0 Å². The second kappa shape index (κ2) is 5.09. The standard InChI is InChI=1S/C13H13FN2O3/c1-7(17)16-11(13(18)19)5-8-6-15-10-4-2-3-9(14)12(8)10/h2-4,6,11,15H,5H2,1H3,(H,16,17)(H,18,19). The van der Waals surface area contributed by atoms with Crippen LogP contribution in [-0.4, -0.2) is 28.0 Å². The van der Waals surface area contributed by atoms with E-state index in [0.717, 1.165) is 0 Å². The summed E-state index contributed by atoms with van der Waals surface area (Å²) < 4.78 is 13.7. The van der Waals surface area contributed by atoms with Crippen molar-refractivity contribution in [3.8, 4) is 0 Å². The molecule has 0 aliphatic rings. The fourth-order valence-electron chi connectivity index (χ4n) is 2.03. The first-order valence-corrected chi connectivity index (χ1v) is 5.73. The smallest absolute Gasteiger partial charge is 0.326 e. The minimum Gasteiger partial charge on any atom is -0.480 e. The lowest BCUT2D eigenvalue weighted by Gasteiger charge is -2.12. The molecule has 1 unspecified atom stereocenters. The van der Waals surface area contributed by atoms with Crippen molar-refractivity contribution >= 4 is 22.8 Å². The van der Waals surface area contributed by atoms with Crippen LogP contribution >= 0.6 is 0 Å². The number of carbonyl (C=O) groups excluding carboxylic acids is 1. The molecule has 1 amide bonds. The van der Waals surface area contributed by atoms with Crippen LogP contribution in [0.1, 0.15) is 12.5 Å². The molecule has 0 bridgehead atoms. The zero-order valence-electron chi connectivity index (χ0n) is 10.2. The summed E-state index contributed by atoms with van der Waals surface area (Å²) in [4.78, 5) is 24.9. The minimum absolute atomic E-state index is 0.0237. The quantitative estimate of drug-likeness (QED) is 0.781. The monoisotopic (exact) mass is 264 g/mol. The highest BCUT2D eigenvalue weighted by molar-refractivity contribution is 5.86. The maximum atomic E-state index is 13.7. The number of rotatable bonds is 4. The van der Waals surface area contributed by atoms with Crippen LogP contribution in [0.5, 0.6) is 0 Å². The largest absolute Gasteiger partial charge is 0.480 e. The van der Waals surface area contributed by atoms with Crippen LogP contribution in [0.3, 0.4) is 0 Å². The van der Waals surface area contributed by atoms with E-state index in [1.165, 1.54) is 13.0 Å². The number of aromatic nitrogens is 1. The summed E-state index contributed by atoms with van der Waals surface area (Å²) in [6.07, 6.45) is 1.58. The van der Waals surface area contributed by atoms with Crippen molar-refractivity contribution in [1.82, 2.24) is 10.3 Å². The molecule has 0 saturated heterocycles. The number of halogens is 1. The molecule has 5 nitrogen and oxygen atoms in total. The average Bonchev–Trinajstić information content (AvgIpc) is 2.72. The summed E-state index contributed by atoms with van der Waals surface area (Å²) in [7, 11) is 0. The van der Waals surface area contributed by atoms with Gasteiger partial charge in [-0.25, -0.2) is 9.18 Å². The Hall–Kier alpha value is -2.37. The minimum atomic E-state index is -1.15. The van der Waals surface area contributed by atoms with Crippen molar-refractivity contribution in [2.45, 2.75) is 19.4 Å². The second-order valence-corrected chi connectivity index (χ2v) is 4.27. The number of hydrogen-bond donors (Lipinski definition) is 3. The molecule has 6 heteroatoms. The Morgan fingerprint density at radius 1 is 1.47 bits per heavy atom. The molecule has 19 heavy (non-hydrogen) atoms. The molecule has 100 valence electrons. The number of nitrogens with one attached hydrogen (secondary N) is 2. The van der Waals surface area contributed by atoms with Crippen molar-refractivity contribution in [3.05, 3.63) is 35.8 Å². The first-order valence-electron chi connectivity index (χ1n) is 5.73. The molecular weight excluding hydrogens is 251 g/mol. The molecule has 0 saturated carbocycles. The maximum Gasteiger partial charge on any atom is 0.326 e. The molecule has 2 rings (SSSR count). The van der Waals surface area contributed by atoms with Gasteiger partial charge in [-0.15, -0.1) is 0 Å². The summed E-state index contributed by atoms with van der Waals surface area (Å²) in [6.45, 7) is 1.24. The van der Waals surface area contributed by atoms with Crippen molar-refractivity contribution < 1.29 is 19.1 Å². The van der Waals surface area contributed by atoms with Gasteiger partial charge < -0.3 is 15.4 Å². The van der Waals surface area contributed by atoms with Crippen LogP contribution < -0.4 is 5.32 Å². The molecule has 2 aromatic rings. The second-order valence-electron chi connectivity index (χ2n) is 4.27. The molecule has 1 aromatic carbocycles. The number of carboxylic acids is 1. The lowest BCUT2D eigenvalue weighted by Crippen LogP contribution is -2.41. The Labute approximate surface area is 108 Å². The number of amides is 1. The highest BCUT2D eigenvalue weighted by atomic mass is 19.1. The predicted molar refractivity (Wildman–Crippen MR) is 67.2 cm³/mol. The van der Waals surface area contributed by atoms with Gasteiger partial charge in [0.15, 0.2) is 0 Å². The highest BCUT2D eigenvalue weighted by Gasteiger charge is 2.21. The molecule has 3 N–H and O–H groups in total. The molecule has 1 heterocycles. The third kappa shape index (κ3) is 2.73. The van der Waals surface area contributed by atoms with Crippen LogP contribution in [0.15, 0.2) is 24.4 Å². The predicted octanol–water partition coefficient (Wildman–Crippen LogP) is 1.44. The number of H-pyrrole nitrogens is 1. The lowest BCUT2D eigenvalue weighted by molar-refractivity contribution is -0.141. The average molecular weight is 264 g/mol. The van der Waals surface area contributed by atoms with E-state index in [2.05, 4.69) is 10.3 Å². The van der Waals surface area contributed by atoms with E-state index in [9.17, 15) is 14.0 Å². The number of carboxylic acid groups (broad SMARTS) is 1. The van der Waals surface area contributed by atoms with Crippen molar-refractivity contribution in [2.75, 3.05) is 0 Å². The van der Waals surface area contributed by atoms with Gasteiger partial charge in [0.25, 0.3) is 0 Å². The Morgan fingerprint density at radius 3 is 2.84 bits per heavy atom. The van der Waals surface area contributed by atoms with Gasteiger partial charge in [-0.05, 0) is 17.7 Å². The molecule has 1 aromatic heterocycles. The third-order valence-corrected chi connectivity index (χ3v) is 2.84. The van der Waals surface area contributed by atoms with Crippen LogP contribution in [0.2, 0.25) is 0 Å². The molecule has 0 radical (unpaired) electrons. The normalized spacial score (nSPS) is 12.3. The Morgan fingerprint density at radius 2 is 2.21 bits per heavy atom. The number of aromatic amines is 1. The lowest BCUT2D eigenvalue weighted by atomic mass is 10.0. The number of hydrogen-bond acceptors (Lipinski definition) is 2. The van der Waals surface area contributed by atoms with Gasteiger partial charge >= 0.3 is 5.97 Å². The van der Waals surface area contributed by atoms with Crippen LogP contribution in [-0.2, 0) is 16.0 Å². The zero-order chi connectivity index (χ0) is 14.0. The maximum absolute atomic E-state index is 13.7. The van der Waals surface area contributed by atoms with Gasteiger partial charge in [-0.2, -0.15) is 0 Å². The SMILES string of the molecule is CC(=O)NC(Cc1c[nH]c2cccc(F)c12)C(=O)O. The summed E-state index contributed by atoms with van der Waals surface area (Å²) in [5, 5.41) is 11.7. The summed E-state index contributed by atoms with van der Waals surface area (Å²) in [6, 6.07) is 3.51. The summed E-state index contributed by atoms with van der Waals surface area (Å²) in [5.74, 6) is -2.01. The van der Waals surface area contributed by atoms with E-state index in [4.69, 9.17) is 5.11 Å². The van der Waals surface area contributed by atoms with E-state index >= 15 is 0 Å². The first-order chi connectivity index (χ1) is 8.99. The van der Waals surface area contributed by atoms with Crippen molar-refractivity contribution in [3.63, 3.8) is 0 Å². The molecule has 0 aliphatic heterocycles. The van der Waals surface area contributed by atoms with Crippen LogP contribution in [0.4, 0.5) is 4.39 Å². The van der Waals surface area contributed by atoms with E-state index in [1.54, 1.807) is 18.3 Å². The van der Waals surface area contributed by atoms with Gasteiger partial charge in [0.1, 0.15) is 11.9 Å². The molecular formula is C13H13FN2O3. The highest BCUT2D eigenvalue weighted by Crippen LogP contribution is 2.22. The third-order valence-electron chi connectivity index (χ3n) is 2.84. The van der Waals surface area contributed by atoms with Crippen LogP contribution in [0, 0.1) is 5.82 Å². The number of aliphatic carboxylic acids is 1. The van der Waals surface area contributed by atoms with Gasteiger partial charge in [-0.3, -0.25) is 4.79 Å². The Bertz CT molecular complexity index is 636. The van der Waals surface area contributed by atoms with Gasteiger partial charge in [0, 0.05) is 30.4 Å². The summed E-state index contributed by atoms with van der Waals surface area (Å²) in [5.41, 5.74) is 1.12.